The van der Waals surface area contributed by atoms with Crippen molar-refractivity contribution in [3.63, 3.8) is 0 Å². The van der Waals surface area contributed by atoms with Crippen molar-refractivity contribution in [2.75, 3.05) is 6.54 Å². The summed E-state index contributed by atoms with van der Waals surface area (Å²) in [4.78, 5) is 0. The maximum absolute atomic E-state index is 13.6. The molecule has 0 radical (unpaired) electrons. The maximum Gasteiger partial charge on any atom is 0.129 e. The Hall–Kier alpha value is -0.640. The van der Waals surface area contributed by atoms with Crippen molar-refractivity contribution in [3.8, 4) is 0 Å². The van der Waals surface area contributed by atoms with Crippen molar-refractivity contribution in [1.82, 2.24) is 5.32 Å². The van der Waals surface area contributed by atoms with Gasteiger partial charge in [-0.1, -0.05) is 17.7 Å². The average molecular weight is 229 g/mol. The predicted molar refractivity (Wildman–Crippen MR) is 59.4 cm³/mol. The van der Waals surface area contributed by atoms with Gasteiger partial charge < -0.3 is 11.1 Å². The molecule has 1 atom stereocenters. The van der Waals surface area contributed by atoms with Gasteiger partial charge in [0.2, 0.25) is 0 Å². The lowest BCUT2D eigenvalue weighted by Crippen LogP contribution is -2.30. The zero-order valence-electron chi connectivity index (χ0n) is 8.34. The first kappa shape index (κ1) is 10.9. The van der Waals surface area contributed by atoms with Crippen LogP contribution >= 0.6 is 11.6 Å². The van der Waals surface area contributed by atoms with E-state index in [-0.39, 0.29) is 11.9 Å². The molecule has 0 amide bonds. The molecule has 2 nitrogen and oxygen atoms in total. The van der Waals surface area contributed by atoms with Crippen molar-refractivity contribution in [2.45, 2.75) is 24.9 Å². The first-order valence-electron chi connectivity index (χ1n) is 5.12. The van der Waals surface area contributed by atoms with E-state index in [9.17, 15) is 4.39 Å². The summed E-state index contributed by atoms with van der Waals surface area (Å²) in [6.07, 6.45) is 2.32. The maximum atomic E-state index is 13.6. The third kappa shape index (κ3) is 2.68. The van der Waals surface area contributed by atoms with Crippen LogP contribution in [0.15, 0.2) is 18.2 Å². The lowest BCUT2D eigenvalue weighted by Gasteiger charge is -2.17. The molecule has 1 fully saturated rings. The van der Waals surface area contributed by atoms with Gasteiger partial charge in [-0.25, -0.2) is 4.39 Å². The molecule has 1 unspecified atom stereocenters. The number of hydrogen-bond acceptors (Lipinski definition) is 2. The van der Waals surface area contributed by atoms with Gasteiger partial charge in [0.15, 0.2) is 0 Å². The van der Waals surface area contributed by atoms with Crippen molar-refractivity contribution in [1.29, 1.82) is 0 Å². The van der Waals surface area contributed by atoms with Gasteiger partial charge in [-0.05, 0) is 25.0 Å². The first-order chi connectivity index (χ1) is 7.20. The Morgan fingerprint density at radius 1 is 1.53 bits per heavy atom. The summed E-state index contributed by atoms with van der Waals surface area (Å²) in [7, 11) is 0. The van der Waals surface area contributed by atoms with Crippen LogP contribution in [0, 0.1) is 5.82 Å². The average Bonchev–Trinajstić information content (AvgIpc) is 2.99. The molecule has 3 N–H and O–H groups in total. The van der Waals surface area contributed by atoms with E-state index in [2.05, 4.69) is 5.32 Å². The molecule has 1 aromatic carbocycles. The van der Waals surface area contributed by atoms with Crippen LogP contribution in [0.2, 0.25) is 5.02 Å². The molecule has 0 aliphatic heterocycles. The van der Waals surface area contributed by atoms with Crippen LogP contribution in [0.5, 0.6) is 0 Å². The monoisotopic (exact) mass is 228 g/mol. The first-order valence-corrected chi connectivity index (χ1v) is 5.49. The van der Waals surface area contributed by atoms with Crippen LogP contribution in [-0.4, -0.2) is 12.6 Å². The van der Waals surface area contributed by atoms with Crippen molar-refractivity contribution in [3.05, 3.63) is 34.6 Å². The van der Waals surface area contributed by atoms with Gasteiger partial charge in [0, 0.05) is 29.2 Å². The summed E-state index contributed by atoms with van der Waals surface area (Å²) in [5.74, 6) is -0.286. The molecule has 0 spiro atoms. The smallest absolute Gasteiger partial charge is 0.129 e. The number of benzene rings is 1. The van der Waals surface area contributed by atoms with Crippen LogP contribution in [0.3, 0.4) is 0 Å². The van der Waals surface area contributed by atoms with Crippen molar-refractivity contribution in [2.24, 2.45) is 5.73 Å². The zero-order chi connectivity index (χ0) is 10.8. The van der Waals surface area contributed by atoms with Gasteiger partial charge in [0.25, 0.3) is 0 Å². The van der Waals surface area contributed by atoms with Gasteiger partial charge in [-0.2, -0.15) is 0 Å². The lowest BCUT2D eigenvalue weighted by atomic mass is 10.1. The molecular weight excluding hydrogens is 215 g/mol. The quantitative estimate of drug-likeness (QED) is 0.830. The van der Waals surface area contributed by atoms with E-state index in [1.165, 1.54) is 6.07 Å². The third-order valence-corrected chi connectivity index (χ3v) is 2.82. The summed E-state index contributed by atoms with van der Waals surface area (Å²) in [5, 5.41) is 3.72. The van der Waals surface area contributed by atoms with Crippen LogP contribution in [0.4, 0.5) is 4.39 Å². The van der Waals surface area contributed by atoms with E-state index in [1.54, 1.807) is 12.1 Å². The Morgan fingerprint density at radius 2 is 2.27 bits per heavy atom. The minimum Gasteiger partial charge on any atom is -0.329 e. The summed E-state index contributed by atoms with van der Waals surface area (Å²) < 4.78 is 13.6. The standard InChI is InChI=1S/C11H14ClFN2/c12-7-1-4-9(10(13)5-7)11(6-14)15-8-2-3-8/h1,4-5,8,11,15H,2-3,6,14H2. The van der Waals surface area contributed by atoms with Crippen LogP contribution in [-0.2, 0) is 0 Å². The highest BCUT2D eigenvalue weighted by molar-refractivity contribution is 6.30. The fraction of sp³-hybridized carbons (Fsp3) is 0.455. The molecular formula is C11H14ClFN2. The van der Waals surface area contributed by atoms with Crippen molar-refractivity contribution >= 4 is 11.6 Å². The fourth-order valence-electron chi connectivity index (χ4n) is 1.60. The van der Waals surface area contributed by atoms with Crippen LogP contribution in [0.1, 0.15) is 24.4 Å². The molecule has 82 valence electrons. The molecule has 15 heavy (non-hydrogen) atoms. The summed E-state index contributed by atoms with van der Waals surface area (Å²) in [5.41, 5.74) is 6.23. The normalized spacial score (nSPS) is 17.8. The molecule has 1 aliphatic rings. The van der Waals surface area contributed by atoms with E-state index in [0.29, 0.717) is 23.2 Å². The predicted octanol–water partition coefficient (Wildman–Crippen LogP) is 2.23. The summed E-state index contributed by atoms with van der Waals surface area (Å²) in [6, 6.07) is 5.12. The second-order valence-electron chi connectivity index (χ2n) is 3.90. The molecule has 2 rings (SSSR count). The second-order valence-corrected chi connectivity index (χ2v) is 4.33. The highest BCUT2D eigenvalue weighted by Gasteiger charge is 2.25. The Morgan fingerprint density at radius 3 is 2.80 bits per heavy atom. The highest BCUT2D eigenvalue weighted by Crippen LogP contribution is 2.26. The van der Waals surface area contributed by atoms with E-state index in [4.69, 9.17) is 17.3 Å². The van der Waals surface area contributed by atoms with Gasteiger partial charge in [-0.3, -0.25) is 0 Å². The third-order valence-electron chi connectivity index (χ3n) is 2.59. The molecule has 1 saturated carbocycles. The molecule has 0 heterocycles. The molecule has 0 bridgehead atoms. The molecule has 1 aromatic rings. The summed E-state index contributed by atoms with van der Waals surface area (Å²) in [6.45, 7) is 0.398. The van der Waals surface area contributed by atoms with E-state index in [1.807, 2.05) is 0 Å². The topological polar surface area (TPSA) is 38.0 Å². The molecule has 0 aromatic heterocycles. The van der Waals surface area contributed by atoms with Crippen molar-refractivity contribution < 1.29 is 4.39 Å². The number of hydrogen-bond donors (Lipinski definition) is 2. The number of halogens is 2. The van der Waals surface area contributed by atoms with Gasteiger partial charge in [-0.15, -0.1) is 0 Å². The Bertz CT molecular complexity index is 352. The Kier molecular flexibility index (Phi) is 3.24. The minimum atomic E-state index is -0.286. The largest absolute Gasteiger partial charge is 0.329 e. The SMILES string of the molecule is NCC(NC1CC1)c1ccc(Cl)cc1F. The van der Waals surface area contributed by atoms with Gasteiger partial charge >= 0.3 is 0 Å². The second kappa shape index (κ2) is 4.47. The van der Waals surface area contributed by atoms with Gasteiger partial charge in [0.05, 0.1) is 0 Å². The molecule has 1 aliphatic carbocycles. The molecule has 4 heteroatoms. The zero-order valence-corrected chi connectivity index (χ0v) is 9.10. The van der Waals surface area contributed by atoms with E-state index < -0.39 is 0 Å². The lowest BCUT2D eigenvalue weighted by molar-refractivity contribution is 0.504. The summed E-state index contributed by atoms with van der Waals surface area (Å²) >= 11 is 5.69. The van der Waals surface area contributed by atoms with Gasteiger partial charge in [0.1, 0.15) is 5.82 Å². The highest BCUT2D eigenvalue weighted by atomic mass is 35.5. The fourth-order valence-corrected chi connectivity index (χ4v) is 1.76. The molecule has 0 saturated heterocycles. The number of nitrogens with one attached hydrogen (secondary N) is 1. The van der Waals surface area contributed by atoms with E-state index in [0.717, 1.165) is 12.8 Å². The number of rotatable bonds is 4. The Balaban J connectivity index is 2.16. The van der Waals surface area contributed by atoms with E-state index >= 15 is 0 Å². The van der Waals surface area contributed by atoms with Crippen LogP contribution < -0.4 is 11.1 Å². The number of nitrogens with two attached hydrogens (primary N) is 1. The minimum absolute atomic E-state index is 0.102. The Labute approximate surface area is 93.6 Å². The van der Waals surface area contributed by atoms with Crippen LogP contribution in [0.25, 0.3) is 0 Å².